The van der Waals surface area contributed by atoms with Gasteiger partial charge in [-0.05, 0) is 33.6 Å². The van der Waals surface area contributed by atoms with Crippen LogP contribution in [0.3, 0.4) is 0 Å². The summed E-state index contributed by atoms with van der Waals surface area (Å²) in [6.07, 6.45) is 6.80. The number of carbonyl (C=O) groups excluding carboxylic acids is 1. The van der Waals surface area contributed by atoms with Crippen LogP contribution < -0.4 is 0 Å². The molecule has 1 amide bonds. The van der Waals surface area contributed by atoms with E-state index in [1.165, 1.54) is 23.0 Å². The van der Waals surface area contributed by atoms with Crippen LogP contribution in [-0.4, -0.2) is 62.7 Å². The van der Waals surface area contributed by atoms with Gasteiger partial charge in [-0.2, -0.15) is 4.31 Å². The Morgan fingerprint density at radius 2 is 1.97 bits per heavy atom. The van der Waals surface area contributed by atoms with Crippen LogP contribution in [0.1, 0.15) is 61.0 Å². The van der Waals surface area contributed by atoms with Crippen LogP contribution >= 0.6 is 0 Å². The van der Waals surface area contributed by atoms with Crippen LogP contribution in [0.5, 0.6) is 0 Å². The predicted molar refractivity (Wildman–Crippen MR) is 108 cm³/mol. The Labute approximate surface area is 171 Å². The molecule has 1 aliphatic rings. The fourth-order valence-corrected chi connectivity index (χ4v) is 5.25. The molecule has 29 heavy (non-hydrogen) atoms. The molecule has 158 valence electrons. The van der Waals surface area contributed by atoms with E-state index >= 15 is 0 Å². The number of piperidine rings is 1. The number of aromatic nitrogens is 4. The zero-order valence-corrected chi connectivity index (χ0v) is 18.2. The number of carbonyl (C=O) groups is 1. The van der Waals surface area contributed by atoms with Crippen molar-refractivity contribution in [3.8, 4) is 0 Å². The Kier molecular flexibility index (Phi) is 6.33. The van der Waals surface area contributed by atoms with Crippen molar-refractivity contribution in [1.82, 2.24) is 28.7 Å². The van der Waals surface area contributed by atoms with Gasteiger partial charge in [0.25, 0.3) is 15.9 Å². The van der Waals surface area contributed by atoms with Crippen molar-refractivity contribution in [1.29, 1.82) is 0 Å². The van der Waals surface area contributed by atoms with Crippen molar-refractivity contribution in [2.24, 2.45) is 7.05 Å². The Morgan fingerprint density at radius 1 is 1.24 bits per heavy atom. The van der Waals surface area contributed by atoms with E-state index in [-0.39, 0.29) is 10.9 Å². The van der Waals surface area contributed by atoms with Crippen molar-refractivity contribution < 1.29 is 13.2 Å². The van der Waals surface area contributed by atoms with Crippen LogP contribution in [0, 0.1) is 6.92 Å². The lowest BCUT2D eigenvalue weighted by Gasteiger charge is -2.33. The minimum absolute atomic E-state index is 0.0250. The first-order valence-electron chi connectivity index (χ1n) is 9.92. The molecule has 2 aromatic rings. The van der Waals surface area contributed by atoms with E-state index < -0.39 is 16.1 Å². The van der Waals surface area contributed by atoms with Gasteiger partial charge >= 0.3 is 0 Å². The number of sulfonamides is 1. The van der Waals surface area contributed by atoms with Crippen LogP contribution in [0.4, 0.5) is 0 Å². The molecule has 1 aliphatic heterocycles. The number of imidazole rings is 1. The van der Waals surface area contributed by atoms with Gasteiger partial charge in [0.05, 0.1) is 23.6 Å². The molecule has 9 nitrogen and oxygen atoms in total. The van der Waals surface area contributed by atoms with Crippen LogP contribution in [0.25, 0.3) is 0 Å². The van der Waals surface area contributed by atoms with Crippen LogP contribution in [-0.2, 0) is 17.1 Å². The number of hydrogen-bond acceptors (Lipinski definition) is 6. The van der Waals surface area contributed by atoms with Gasteiger partial charge in [0.15, 0.2) is 5.03 Å². The van der Waals surface area contributed by atoms with E-state index in [0.29, 0.717) is 43.1 Å². The Hall–Kier alpha value is -2.33. The minimum Gasteiger partial charge on any atom is -0.339 e. The molecule has 0 saturated carbocycles. The molecule has 2 aromatic heterocycles. The first-order chi connectivity index (χ1) is 13.8. The quantitative estimate of drug-likeness (QED) is 0.708. The normalized spacial score (nSPS) is 18.0. The summed E-state index contributed by atoms with van der Waals surface area (Å²) in [5.41, 5.74) is 1.01. The highest BCUT2D eigenvalue weighted by Crippen LogP contribution is 2.33. The highest BCUT2D eigenvalue weighted by atomic mass is 32.2. The molecule has 1 atom stereocenters. The van der Waals surface area contributed by atoms with Gasteiger partial charge in [-0.1, -0.05) is 6.42 Å². The topological polar surface area (TPSA) is 101 Å². The smallest absolute Gasteiger partial charge is 0.262 e. The lowest BCUT2D eigenvalue weighted by atomic mass is 10.0. The SMILES string of the molecule is CCN(CC)C(=O)c1cnc([C@@H]2CCCCN2S(=O)(=O)c2cn(C)cn2)nc1C. The summed E-state index contributed by atoms with van der Waals surface area (Å²) in [6, 6.07) is -0.466. The third kappa shape index (κ3) is 4.18. The summed E-state index contributed by atoms with van der Waals surface area (Å²) in [6.45, 7) is 7.22. The Bertz CT molecular complexity index is 984. The first kappa shape index (κ1) is 21.4. The molecule has 0 bridgehead atoms. The molecule has 0 N–H and O–H groups in total. The molecule has 3 heterocycles. The lowest BCUT2D eigenvalue weighted by molar-refractivity contribution is 0.0771. The summed E-state index contributed by atoms with van der Waals surface area (Å²) in [4.78, 5) is 27.3. The van der Waals surface area contributed by atoms with Gasteiger partial charge in [0, 0.05) is 39.1 Å². The molecule has 10 heteroatoms. The monoisotopic (exact) mass is 420 g/mol. The standard InChI is InChI=1S/C19H28N6O3S/c1-5-24(6-2)19(26)15-11-20-18(22-14(15)3)16-9-7-8-10-25(16)29(27,28)17-12-23(4)13-21-17/h11-13,16H,5-10H2,1-4H3/t16-/m0/s1. The van der Waals surface area contributed by atoms with Crippen LogP contribution in [0.2, 0.25) is 0 Å². The van der Waals surface area contributed by atoms with Crippen molar-refractivity contribution >= 4 is 15.9 Å². The molecule has 1 fully saturated rings. The maximum atomic E-state index is 13.1. The zero-order chi connectivity index (χ0) is 21.2. The molecule has 1 saturated heterocycles. The molecule has 0 radical (unpaired) electrons. The average molecular weight is 421 g/mol. The summed E-state index contributed by atoms with van der Waals surface area (Å²) in [5, 5.41) is 0.0250. The zero-order valence-electron chi connectivity index (χ0n) is 17.4. The molecular weight excluding hydrogens is 392 g/mol. The van der Waals surface area contributed by atoms with Gasteiger partial charge in [0.2, 0.25) is 0 Å². The van der Waals surface area contributed by atoms with Crippen molar-refractivity contribution in [3.05, 3.63) is 35.8 Å². The summed E-state index contributed by atoms with van der Waals surface area (Å²) < 4.78 is 29.3. The molecule has 3 rings (SSSR count). The second kappa shape index (κ2) is 8.58. The van der Waals surface area contributed by atoms with E-state index in [1.807, 2.05) is 13.8 Å². The second-order valence-corrected chi connectivity index (χ2v) is 9.05. The van der Waals surface area contributed by atoms with E-state index in [2.05, 4.69) is 15.0 Å². The largest absolute Gasteiger partial charge is 0.339 e. The molecule has 0 aromatic carbocycles. The number of aryl methyl sites for hydroxylation is 2. The van der Waals surface area contributed by atoms with Gasteiger partial charge < -0.3 is 9.47 Å². The molecular formula is C19H28N6O3S. The maximum Gasteiger partial charge on any atom is 0.262 e. The summed E-state index contributed by atoms with van der Waals surface area (Å²) >= 11 is 0. The lowest BCUT2D eigenvalue weighted by Crippen LogP contribution is -2.39. The Morgan fingerprint density at radius 3 is 2.55 bits per heavy atom. The number of amides is 1. The van der Waals surface area contributed by atoms with E-state index in [4.69, 9.17) is 0 Å². The van der Waals surface area contributed by atoms with Crippen molar-refractivity contribution in [2.45, 2.75) is 51.1 Å². The van der Waals surface area contributed by atoms with Crippen LogP contribution in [0.15, 0.2) is 23.7 Å². The first-order valence-corrected chi connectivity index (χ1v) is 11.4. The summed E-state index contributed by atoms with van der Waals surface area (Å²) in [7, 11) is -2.02. The highest BCUT2D eigenvalue weighted by Gasteiger charge is 2.37. The highest BCUT2D eigenvalue weighted by molar-refractivity contribution is 7.89. The maximum absolute atomic E-state index is 13.1. The average Bonchev–Trinajstić information content (AvgIpc) is 3.16. The third-order valence-electron chi connectivity index (χ3n) is 5.28. The van der Waals surface area contributed by atoms with Gasteiger partial charge in [-0.3, -0.25) is 4.79 Å². The van der Waals surface area contributed by atoms with Crippen molar-refractivity contribution in [2.75, 3.05) is 19.6 Å². The van der Waals surface area contributed by atoms with Gasteiger partial charge in [-0.15, -0.1) is 0 Å². The van der Waals surface area contributed by atoms with E-state index in [1.54, 1.807) is 23.4 Å². The third-order valence-corrected chi connectivity index (χ3v) is 7.08. The number of nitrogens with zero attached hydrogens (tertiary/aromatic N) is 6. The molecule has 0 spiro atoms. The fourth-order valence-electron chi connectivity index (χ4n) is 3.63. The van der Waals surface area contributed by atoms with Crippen molar-refractivity contribution in [3.63, 3.8) is 0 Å². The predicted octanol–water partition coefficient (Wildman–Crippen LogP) is 1.92. The molecule has 0 unspecified atom stereocenters. The number of rotatable bonds is 6. The fraction of sp³-hybridized carbons (Fsp3) is 0.579. The summed E-state index contributed by atoms with van der Waals surface area (Å²) in [5.74, 6) is 0.318. The van der Waals surface area contributed by atoms with Gasteiger partial charge in [0.1, 0.15) is 5.82 Å². The minimum atomic E-state index is -3.75. The Balaban J connectivity index is 1.93. The number of hydrogen-bond donors (Lipinski definition) is 0. The van der Waals surface area contributed by atoms with E-state index in [0.717, 1.165) is 12.8 Å². The van der Waals surface area contributed by atoms with E-state index in [9.17, 15) is 13.2 Å². The second-order valence-electron chi connectivity index (χ2n) is 7.21. The van der Waals surface area contributed by atoms with Gasteiger partial charge in [-0.25, -0.2) is 23.4 Å². The molecule has 0 aliphatic carbocycles.